The van der Waals surface area contributed by atoms with E-state index in [1.165, 1.54) is 0 Å². The summed E-state index contributed by atoms with van der Waals surface area (Å²) in [5, 5.41) is 13.5. The van der Waals surface area contributed by atoms with Gasteiger partial charge in [0, 0.05) is 52.9 Å². The second-order valence-corrected chi connectivity index (χ2v) is 6.85. The maximum Gasteiger partial charge on any atom is 0.194 e. The number of hydrogen-bond acceptors (Lipinski definition) is 5. The van der Waals surface area contributed by atoms with E-state index in [1.807, 2.05) is 18.2 Å². The van der Waals surface area contributed by atoms with E-state index in [1.54, 1.807) is 13.2 Å². The van der Waals surface area contributed by atoms with E-state index < -0.39 is 0 Å². The van der Waals surface area contributed by atoms with Crippen LogP contribution in [0.1, 0.15) is 13.3 Å². The maximum atomic E-state index is 10.1. The second-order valence-electron chi connectivity index (χ2n) is 6.85. The van der Waals surface area contributed by atoms with Crippen molar-refractivity contribution in [2.24, 2.45) is 4.99 Å². The SMILES string of the molecule is CCNC(=NCCCN(C)CCOC)N1CCN(c2ccccc2O)CC1. The van der Waals surface area contributed by atoms with Gasteiger partial charge in [0.25, 0.3) is 0 Å². The molecular weight excluding hydrogens is 342 g/mol. The van der Waals surface area contributed by atoms with Gasteiger partial charge in [0.15, 0.2) is 5.96 Å². The summed E-state index contributed by atoms with van der Waals surface area (Å²) in [7, 11) is 3.85. The molecule has 1 aliphatic heterocycles. The molecule has 0 atom stereocenters. The van der Waals surface area contributed by atoms with Gasteiger partial charge in [-0.3, -0.25) is 4.99 Å². The van der Waals surface area contributed by atoms with Crippen LogP contribution in [0, 0.1) is 0 Å². The quantitative estimate of drug-likeness (QED) is 0.386. The highest BCUT2D eigenvalue weighted by Gasteiger charge is 2.21. The number of guanidine groups is 1. The lowest BCUT2D eigenvalue weighted by atomic mass is 10.2. The normalized spacial score (nSPS) is 15.5. The molecule has 0 aromatic heterocycles. The standard InChI is InChI=1S/C20H35N5O2/c1-4-21-20(22-10-7-11-23(2)16-17-27-3)25-14-12-24(13-15-25)18-8-5-6-9-19(18)26/h5-6,8-9,26H,4,7,10-17H2,1-3H3,(H,21,22). The van der Waals surface area contributed by atoms with Crippen LogP contribution in [0.5, 0.6) is 5.75 Å². The first-order valence-electron chi connectivity index (χ1n) is 9.89. The summed E-state index contributed by atoms with van der Waals surface area (Å²) in [5.41, 5.74) is 0.915. The van der Waals surface area contributed by atoms with Crippen LogP contribution in [0.15, 0.2) is 29.3 Å². The number of phenols is 1. The number of aromatic hydroxyl groups is 1. The Morgan fingerprint density at radius 1 is 1.22 bits per heavy atom. The molecule has 0 bridgehead atoms. The maximum absolute atomic E-state index is 10.1. The van der Waals surface area contributed by atoms with E-state index in [2.05, 4.69) is 34.0 Å². The molecule has 2 rings (SSSR count). The van der Waals surface area contributed by atoms with Gasteiger partial charge in [-0.2, -0.15) is 0 Å². The van der Waals surface area contributed by atoms with Crippen molar-refractivity contribution in [3.05, 3.63) is 24.3 Å². The van der Waals surface area contributed by atoms with Gasteiger partial charge in [-0.05, 0) is 39.1 Å². The van der Waals surface area contributed by atoms with Crippen molar-refractivity contribution < 1.29 is 9.84 Å². The minimum Gasteiger partial charge on any atom is -0.506 e. The van der Waals surface area contributed by atoms with Crippen molar-refractivity contribution in [2.45, 2.75) is 13.3 Å². The van der Waals surface area contributed by atoms with E-state index >= 15 is 0 Å². The Bertz CT molecular complexity index is 573. The first kappa shape index (κ1) is 21.3. The van der Waals surface area contributed by atoms with Crippen LogP contribution in [-0.4, -0.2) is 94.0 Å². The van der Waals surface area contributed by atoms with Crippen LogP contribution >= 0.6 is 0 Å². The number of ether oxygens (including phenoxy) is 1. The van der Waals surface area contributed by atoms with Crippen molar-refractivity contribution in [3.63, 3.8) is 0 Å². The summed E-state index contributed by atoms with van der Waals surface area (Å²) in [6.07, 6.45) is 1.03. The van der Waals surface area contributed by atoms with E-state index in [-0.39, 0.29) is 0 Å². The Balaban J connectivity index is 1.82. The molecule has 27 heavy (non-hydrogen) atoms. The van der Waals surface area contributed by atoms with Gasteiger partial charge < -0.3 is 29.9 Å². The molecule has 1 fully saturated rings. The number of phenolic OH excluding ortho intramolecular Hbond substituents is 1. The lowest BCUT2D eigenvalue weighted by Crippen LogP contribution is -2.52. The number of nitrogens with one attached hydrogen (secondary N) is 1. The van der Waals surface area contributed by atoms with Gasteiger partial charge in [-0.15, -0.1) is 0 Å². The van der Waals surface area contributed by atoms with Crippen molar-refractivity contribution in [2.75, 3.05) is 78.0 Å². The molecule has 0 amide bonds. The van der Waals surface area contributed by atoms with Crippen LogP contribution in [-0.2, 0) is 4.74 Å². The highest BCUT2D eigenvalue weighted by molar-refractivity contribution is 5.80. The molecule has 0 aliphatic carbocycles. The molecule has 0 unspecified atom stereocenters. The van der Waals surface area contributed by atoms with Crippen LogP contribution in [0.2, 0.25) is 0 Å². The highest BCUT2D eigenvalue weighted by atomic mass is 16.5. The Hall–Kier alpha value is -1.99. The summed E-state index contributed by atoms with van der Waals surface area (Å²) in [6.45, 7) is 10.1. The lowest BCUT2D eigenvalue weighted by molar-refractivity contribution is 0.161. The van der Waals surface area contributed by atoms with E-state index in [0.717, 1.165) is 77.0 Å². The molecule has 0 saturated carbocycles. The lowest BCUT2D eigenvalue weighted by Gasteiger charge is -2.37. The number of hydrogen-bond donors (Lipinski definition) is 2. The molecule has 1 aromatic carbocycles. The number of aliphatic imine (C=N–C) groups is 1. The molecular formula is C20H35N5O2. The number of rotatable bonds is 9. The number of methoxy groups -OCH3 is 1. The van der Waals surface area contributed by atoms with E-state index in [0.29, 0.717) is 5.75 Å². The molecule has 1 aliphatic rings. The van der Waals surface area contributed by atoms with Gasteiger partial charge in [0.2, 0.25) is 0 Å². The van der Waals surface area contributed by atoms with Gasteiger partial charge in [0.05, 0.1) is 12.3 Å². The minimum absolute atomic E-state index is 0.351. The minimum atomic E-state index is 0.351. The molecule has 2 N–H and O–H groups in total. The number of anilines is 1. The zero-order valence-electron chi connectivity index (χ0n) is 17.0. The topological polar surface area (TPSA) is 63.6 Å². The highest BCUT2D eigenvalue weighted by Crippen LogP contribution is 2.27. The van der Waals surface area contributed by atoms with Crippen LogP contribution in [0.3, 0.4) is 0 Å². The zero-order chi connectivity index (χ0) is 19.5. The number of para-hydroxylation sites is 2. The van der Waals surface area contributed by atoms with Gasteiger partial charge in [-0.1, -0.05) is 12.1 Å². The molecule has 7 heteroatoms. The summed E-state index contributed by atoms with van der Waals surface area (Å²) >= 11 is 0. The molecule has 1 heterocycles. The first-order chi connectivity index (χ1) is 13.2. The third kappa shape index (κ3) is 6.92. The largest absolute Gasteiger partial charge is 0.506 e. The molecule has 152 valence electrons. The van der Waals surface area contributed by atoms with Gasteiger partial charge in [0.1, 0.15) is 5.75 Å². The molecule has 1 aromatic rings. The first-order valence-corrected chi connectivity index (χ1v) is 9.89. The summed E-state index contributed by atoms with van der Waals surface area (Å²) in [4.78, 5) is 11.6. The summed E-state index contributed by atoms with van der Waals surface area (Å²) in [6, 6.07) is 7.55. The number of piperazine rings is 1. The average molecular weight is 378 g/mol. The predicted molar refractivity (Wildman–Crippen MR) is 112 cm³/mol. The Labute approximate surface area is 163 Å². The van der Waals surface area contributed by atoms with Crippen molar-refractivity contribution in [1.82, 2.24) is 15.1 Å². The fourth-order valence-electron chi connectivity index (χ4n) is 3.20. The third-order valence-corrected chi connectivity index (χ3v) is 4.77. The Kier molecular flexibility index (Phi) is 9.21. The number of benzene rings is 1. The zero-order valence-corrected chi connectivity index (χ0v) is 17.0. The molecule has 7 nitrogen and oxygen atoms in total. The van der Waals surface area contributed by atoms with Crippen molar-refractivity contribution >= 4 is 11.6 Å². The van der Waals surface area contributed by atoms with E-state index in [4.69, 9.17) is 9.73 Å². The Morgan fingerprint density at radius 3 is 2.63 bits per heavy atom. The fourth-order valence-corrected chi connectivity index (χ4v) is 3.20. The fraction of sp³-hybridized carbons (Fsp3) is 0.650. The number of nitrogens with zero attached hydrogens (tertiary/aromatic N) is 4. The predicted octanol–water partition coefficient (Wildman–Crippen LogP) is 1.45. The summed E-state index contributed by atoms with van der Waals surface area (Å²) in [5.74, 6) is 1.35. The van der Waals surface area contributed by atoms with Gasteiger partial charge >= 0.3 is 0 Å². The molecule has 1 saturated heterocycles. The van der Waals surface area contributed by atoms with Crippen molar-refractivity contribution in [3.8, 4) is 5.75 Å². The third-order valence-electron chi connectivity index (χ3n) is 4.77. The number of likely N-dealkylation sites (N-methyl/N-ethyl adjacent to an activating group) is 1. The molecule has 0 spiro atoms. The van der Waals surface area contributed by atoms with Crippen molar-refractivity contribution in [1.29, 1.82) is 0 Å². The smallest absolute Gasteiger partial charge is 0.194 e. The summed E-state index contributed by atoms with van der Waals surface area (Å²) < 4.78 is 5.11. The van der Waals surface area contributed by atoms with Crippen LogP contribution in [0.4, 0.5) is 5.69 Å². The Morgan fingerprint density at radius 2 is 1.96 bits per heavy atom. The average Bonchev–Trinajstić information content (AvgIpc) is 2.69. The second kappa shape index (κ2) is 11.7. The van der Waals surface area contributed by atoms with E-state index in [9.17, 15) is 5.11 Å². The van der Waals surface area contributed by atoms with Crippen LogP contribution in [0.25, 0.3) is 0 Å². The monoisotopic (exact) mass is 377 g/mol. The molecule has 0 radical (unpaired) electrons. The van der Waals surface area contributed by atoms with Crippen LogP contribution < -0.4 is 10.2 Å². The van der Waals surface area contributed by atoms with Gasteiger partial charge in [-0.25, -0.2) is 0 Å².